The maximum Gasteiger partial charge on any atom is 0.433 e. The number of aromatic nitrogens is 2. The quantitative estimate of drug-likeness (QED) is 0.768. The molecule has 0 bridgehead atoms. The number of nitrogens with zero attached hydrogens (tertiary/aromatic N) is 2. The van der Waals surface area contributed by atoms with Crippen molar-refractivity contribution >= 4 is 0 Å². The van der Waals surface area contributed by atoms with E-state index in [4.69, 9.17) is 0 Å². The van der Waals surface area contributed by atoms with Gasteiger partial charge in [-0.1, -0.05) is 13.8 Å². The number of hydrogen-bond donors (Lipinski definition) is 0. The van der Waals surface area contributed by atoms with Crippen molar-refractivity contribution in [2.75, 3.05) is 7.11 Å². The third-order valence-corrected chi connectivity index (χ3v) is 1.79. The van der Waals surface area contributed by atoms with Crippen LogP contribution in [0.4, 0.5) is 13.2 Å². The molecule has 0 saturated carbocycles. The third-order valence-electron chi connectivity index (χ3n) is 1.79. The average Bonchev–Trinajstić information content (AvgIpc) is 2.15. The summed E-state index contributed by atoms with van der Waals surface area (Å²) in [5.74, 6) is -0.108. The second-order valence-corrected chi connectivity index (χ2v) is 3.32. The van der Waals surface area contributed by atoms with Gasteiger partial charge in [0.15, 0.2) is 5.69 Å². The summed E-state index contributed by atoms with van der Waals surface area (Å²) >= 11 is 0. The molecule has 0 aliphatic heterocycles. The van der Waals surface area contributed by atoms with E-state index in [2.05, 4.69) is 14.7 Å². The molecular weight excluding hydrogens is 209 g/mol. The van der Waals surface area contributed by atoms with Gasteiger partial charge in [0.2, 0.25) is 0 Å². The normalized spacial score (nSPS) is 11.9. The Morgan fingerprint density at radius 2 is 1.87 bits per heavy atom. The average molecular weight is 220 g/mol. The second-order valence-electron chi connectivity index (χ2n) is 3.32. The molecule has 0 saturated heterocycles. The molecule has 1 aromatic heterocycles. The number of hydrogen-bond acceptors (Lipinski definition) is 3. The van der Waals surface area contributed by atoms with E-state index in [0.717, 1.165) is 6.07 Å². The van der Waals surface area contributed by atoms with Crippen LogP contribution in [0.2, 0.25) is 0 Å². The molecule has 6 heteroatoms. The monoisotopic (exact) mass is 220 g/mol. The van der Waals surface area contributed by atoms with Crippen LogP contribution >= 0.6 is 0 Å². The number of halogens is 3. The smallest absolute Gasteiger partial charge is 0.433 e. The summed E-state index contributed by atoms with van der Waals surface area (Å²) in [6.07, 6.45) is -4.47. The molecule has 1 aromatic rings. The molecule has 0 radical (unpaired) electrons. The minimum atomic E-state index is -4.47. The molecule has 3 nitrogen and oxygen atoms in total. The van der Waals surface area contributed by atoms with Gasteiger partial charge in [-0.25, -0.2) is 0 Å². The first kappa shape index (κ1) is 11.7. The van der Waals surface area contributed by atoms with Gasteiger partial charge in [0.05, 0.1) is 12.8 Å². The van der Waals surface area contributed by atoms with Crippen molar-refractivity contribution in [2.24, 2.45) is 0 Å². The maximum absolute atomic E-state index is 12.4. The summed E-state index contributed by atoms with van der Waals surface area (Å²) in [5, 5.41) is 0. The van der Waals surface area contributed by atoms with Crippen LogP contribution in [0.15, 0.2) is 6.07 Å². The van der Waals surface area contributed by atoms with Crippen LogP contribution in [0.1, 0.15) is 31.2 Å². The van der Waals surface area contributed by atoms with Crippen LogP contribution in [0, 0.1) is 0 Å². The van der Waals surface area contributed by atoms with Gasteiger partial charge >= 0.3 is 12.2 Å². The van der Waals surface area contributed by atoms with E-state index in [1.807, 2.05) is 0 Å². The molecule has 0 fully saturated rings. The van der Waals surface area contributed by atoms with Gasteiger partial charge in [0, 0.05) is 0 Å². The van der Waals surface area contributed by atoms with Crippen LogP contribution in [0.25, 0.3) is 0 Å². The van der Waals surface area contributed by atoms with Crippen LogP contribution in [0.5, 0.6) is 6.01 Å². The van der Waals surface area contributed by atoms with Gasteiger partial charge in [0.25, 0.3) is 0 Å². The van der Waals surface area contributed by atoms with Crippen molar-refractivity contribution < 1.29 is 17.9 Å². The van der Waals surface area contributed by atoms with Gasteiger partial charge in [-0.2, -0.15) is 23.1 Å². The lowest BCUT2D eigenvalue weighted by Crippen LogP contribution is -2.11. The maximum atomic E-state index is 12.4. The summed E-state index contributed by atoms with van der Waals surface area (Å²) < 4.78 is 41.8. The molecule has 0 aromatic carbocycles. The Kier molecular flexibility index (Phi) is 3.16. The Bertz CT molecular complexity index is 350. The molecule has 0 unspecified atom stereocenters. The van der Waals surface area contributed by atoms with E-state index < -0.39 is 11.9 Å². The minimum absolute atomic E-state index is 0.108. The minimum Gasteiger partial charge on any atom is -0.467 e. The number of rotatable bonds is 2. The molecule has 0 amide bonds. The van der Waals surface area contributed by atoms with Gasteiger partial charge in [-0.3, -0.25) is 0 Å². The SMILES string of the molecule is COc1nc(C(C)C)cc(C(F)(F)F)n1. The zero-order valence-corrected chi connectivity index (χ0v) is 8.59. The fraction of sp³-hybridized carbons (Fsp3) is 0.556. The van der Waals surface area contributed by atoms with E-state index in [1.54, 1.807) is 13.8 Å². The largest absolute Gasteiger partial charge is 0.467 e. The molecule has 15 heavy (non-hydrogen) atoms. The van der Waals surface area contributed by atoms with Crippen molar-refractivity contribution in [1.29, 1.82) is 0 Å². The zero-order valence-electron chi connectivity index (χ0n) is 8.59. The predicted molar refractivity (Wildman–Crippen MR) is 47.7 cm³/mol. The van der Waals surface area contributed by atoms with Crippen molar-refractivity contribution in [2.45, 2.75) is 25.9 Å². The summed E-state index contributed by atoms with van der Waals surface area (Å²) in [6.45, 7) is 3.50. The Morgan fingerprint density at radius 3 is 2.27 bits per heavy atom. The standard InChI is InChI=1S/C9H11F3N2O/c1-5(2)6-4-7(9(10,11)12)14-8(13-6)15-3/h4-5H,1-3H3. The van der Waals surface area contributed by atoms with E-state index >= 15 is 0 Å². The summed E-state index contributed by atoms with van der Waals surface area (Å²) in [5.41, 5.74) is -0.660. The highest BCUT2D eigenvalue weighted by Crippen LogP contribution is 2.30. The van der Waals surface area contributed by atoms with Gasteiger partial charge in [0.1, 0.15) is 0 Å². The van der Waals surface area contributed by atoms with E-state index in [1.165, 1.54) is 7.11 Å². The van der Waals surface area contributed by atoms with Crippen molar-refractivity contribution in [3.05, 3.63) is 17.5 Å². The summed E-state index contributed by atoms with van der Waals surface area (Å²) in [6, 6.07) is 0.682. The highest BCUT2D eigenvalue weighted by molar-refractivity contribution is 5.18. The van der Waals surface area contributed by atoms with Gasteiger partial charge < -0.3 is 4.74 Å². The Morgan fingerprint density at radius 1 is 1.27 bits per heavy atom. The molecule has 0 spiro atoms. The molecule has 1 rings (SSSR count). The first-order valence-corrected chi connectivity index (χ1v) is 4.34. The van der Waals surface area contributed by atoms with Gasteiger partial charge in [-0.15, -0.1) is 0 Å². The van der Waals surface area contributed by atoms with Crippen molar-refractivity contribution in [1.82, 2.24) is 9.97 Å². The third kappa shape index (κ3) is 2.81. The van der Waals surface area contributed by atoms with Crippen molar-refractivity contribution in [3.8, 4) is 6.01 Å². The molecular formula is C9H11F3N2O. The van der Waals surface area contributed by atoms with Crippen LogP contribution in [-0.2, 0) is 6.18 Å². The number of ether oxygens (including phenoxy) is 1. The lowest BCUT2D eigenvalue weighted by Gasteiger charge is -2.11. The van der Waals surface area contributed by atoms with Crippen LogP contribution in [-0.4, -0.2) is 17.1 Å². The van der Waals surface area contributed by atoms with Crippen LogP contribution in [0.3, 0.4) is 0 Å². The molecule has 0 atom stereocenters. The molecule has 0 aliphatic carbocycles. The fourth-order valence-corrected chi connectivity index (χ4v) is 0.975. The first-order chi connectivity index (χ1) is 6.84. The van der Waals surface area contributed by atoms with E-state index in [9.17, 15) is 13.2 Å². The molecule has 84 valence electrons. The fourth-order valence-electron chi connectivity index (χ4n) is 0.975. The Balaban J connectivity index is 3.23. The van der Waals surface area contributed by atoms with E-state index in [0.29, 0.717) is 5.69 Å². The zero-order chi connectivity index (χ0) is 11.6. The lowest BCUT2D eigenvalue weighted by atomic mass is 10.1. The number of methoxy groups -OCH3 is 1. The van der Waals surface area contributed by atoms with E-state index in [-0.39, 0.29) is 11.9 Å². The highest BCUT2D eigenvalue weighted by Gasteiger charge is 2.34. The molecule has 0 aliphatic rings. The number of alkyl halides is 3. The summed E-state index contributed by atoms with van der Waals surface area (Å²) in [7, 11) is 1.24. The van der Waals surface area contributed by atoms with Crippen molar-refractivity contribution in [3.63, 3.8) is 0 Å². The van der Waals surface area contributed by atoms with Gasteiger partial charge in [-0.05, 0) is 12.0 Å². The lowest BCUT2D eigenvalue weighted by molar-refractivity contribution is -0.141. The Labute approximate surface area is 85.3 Å². The molecule has 0 N–H and O–H groups in total. The van der Waals surface area contributed by atoms with Crippen LogP contribution < -0.4 is 4.74 Å². The molecule has 1 heterocycles. The second kappa shape index (κ2) is 4.04. The predicted octanol–water partition coefficient (Wildman–Crippen LogP) is 2.63. The topological polar surface area (TPSA) is 35.0 Å². The Hall–Kier alpha value is -1.33. The highest BCUT2D eigenvalue weighted by atomic mass is 19.4. The summed E-state index contributed by atoms with van der Waals surface area (Å²) in [4.78, 5) is 7.08. The first-order valence-electron chi connectivity index (χ1n) is 4.34.